The molecular weight excluding hydrogens is 411 g/mol. The number of nitrogens with zero attached hydrogens (tertiary/aromatic N) is 2. The fourth-order valence-electron chi connectivity index (χ4n) is 3.38. The number of carbonyl (C=O) groups is 2. The molecule has 2 aromatic heterocycles. The lowest BCUT2D eigenvalue weighted by molar-refractivity contribution is -0.115. The van der Waals surface area contributed by atoms with Crippen LogP contribution in [0.1, 0.15) is 34.1 Å². The van der Waals surface area contributed by atoms with Gasteiger partial charge < -0.3 is 11.1 Å². The summed E-state index contributed by atoms with van der Waals surface area (Å²) in [5.74, 6) is -1.10. The topological polar surface area (TPSA) is 90.0 Å². The molecular formula is C20H19FN4O2S2. The summed E-state index contributed by atoms with van der Waals surface area (Å²) in [6, 6.07) is 6.17. The van der Waals surface area contributed by atoms with Gasteiger partial charge in [0.15, 0.2) is 5.16 Å². The molecule has 0 spiro atoms. The largest absolute Gasteiger partial charge is 0.365 e. The monoisotopic (exact) mass is 430 g/mol. The second kappa shape index (κ2) is 8.00. The zero-order chi connectivity index (χ0) is 20.5. The quantitative estimate of drug-likeness (QED) is 0.583. The van der Waals surface area contributed by atoms with Crippen molar-refractivity contribution in [1.82, 2.24) is 9.55 Å². The number of aromatic nitrogens is 2. The molecule has 0 aliphatic heterocycles. The number of hydrogen-bond donors (Lipinski definition) is 2. The Kier molecular flexibility index (Phi) is 5.42. The number of thioether (sulfide) groups is 1. The molecule has 1 aliphatic rings. The zero-order valence-electron chi connectivity index (χ0n) is 15.6. The molecule has 0 bridgehead atoms. The molecule has 1 aliphatic carbocycles. The van der Waals surface area contributed by atoms with Gasteiger partial charge in [0.05, 0.1) is 16.5 Å². The normalized spacial score (nSPS) is 13.9. The maximum absolute atomic E-state index is 13.6. The Morgan fingerprint density at radius 3 is 2.97 bits per heavy atom. The van der Waals surface area contributed by atoms with E-state index in [2.05, 4.69) is 10.3 Å². The first kappa shape index (κ1) is 19.7. The Labute approximate surface area is 175 Å². The van der Waals surface area contributed by atoms with Crippen molar-refractivity contribution < 1.29 is 14.0 Å². The molecule has 0 unspecified atom stereocenters. The van der Waals surface area contributed by atoms with Gasteiger partial charge in [0.2, 0.25) is 5.91 Å². The van der Waals surface area contributed by atoms with Gasteiger partial charge in [0, 0.05) is 17.3 Å². The number of primary amides is 1. The number of carbonyl (C=O) groups excluding carboxylic acids is 2. The summed E-state index contributed by atoms with van der Waals surface area (Å²) in [5.41, 5.74) is 7.60. The second-order valence-electron chi connectivity index (χ2n) is 6.73. The molecule has 3 aromatic rings. The third-order valence-electron chi connectivity index (χ3n) is 4.75. The fourth-order valence-corrected chi connectivity index (χ4v) is 5.56. The van der Waals surface area contributed by atoms with Gasteiger partial charge in [-0.25, -0.2) is 9.37 Å². The highest BCUT2D eigenvalue weighted by Gasteiger charge is 2.27. The molecule has 1 aromatic carbocycles. The van der Waals surface area contributed by atoms with E-state index in [1.165, 1.54) is 35.2 Å². The summed E-state index contributed by atoms with van der Waals surface area (Å²) in [7, 11) is 0. The number of benzene rings is 1. The third kappa shape index (κ3) is 3.92. The van der Waals surface area contributed by atoms with E-state index in [0.717, 1.165) is 29.7 Å². The van der Waals surface area contributed by atoms with Gasteiger partial charge in [-0.3, -0.25) is 14.2 Å². The summed E-state index contributed by atoms with van der Waals surface area (Å²) in [5, 5.41) is 3.47. The maximum atomic E-state index is 13.6. The van der Waals surface area contributed by atoms with Crippen LogP contribution in [0.25, 0.3) is 5.69 Å². The smallest absolute Gasteiger partial charge is 0.251 e. The van der Waals surface area contributed by atoms with E-state index in [0.29, 0.717) is 21.4 Å². The van der Waals surface area contributed by atoms with Gasteiger partial charge in [0.25, 0.3) is 5.91 Å². The van der Waals surface area contributed by atoms with E-state index in [1.807, 2.05) is 0 Å². The molecule has 150 valence electrons. The van der Waals surface area contributed by atoms with E-state index < -0.39 is 11.2 Å². The molecule has 9 heteroatoms. The molecule has 0 fully saturated rings. The average Bonchev–Trinajstić information content (AvgIpc) is 3.37. The van der Waals surface area contributed by atoms with Crippen molar-refractivity contribution in [2.75, 3.05) is 5.32 Å². The number of amides is 2. The minimum atomic E-state index is -0.512. The summed E-state index contributed by atoms with van der Waals surface area (Å²) < 4.78 is 15.3. The minimum absolute atomic E-state index is 0.244. The Balaban J connectivity index is 1.51. The molecule has 6 nitrogen and oxygen atoms in total. The van der Waals surface area contributed by atoms with Crippen LogP contribution in [0.3, 0.4) is 0 Å². The van der Waals surface area contributed by atoms with E-state index in [-0.39, 0.29) is 11.7 Å². The van der Waals surface area contributed by atoms with Gasteiger partial charge in [-0.15, -0.1) is 11.3 Å². The number of halogens is 1. The van der Waals surface area contributed by atoms with Crippen LogP contribution >= 0.6 is 23.1 Å². The Hall–Kier alpha value is -2.65. The maximum Gasteiger partial charge on any atom is 0.251 e. The van der Waals surface area contributed by atoms with Crippen molar-refractivity contribution in [1.29, 1.82) is 0 Å². The van der Waals surface area contributed by atoms with Crippen molar-refractivity contribution in [2.45, 2.75) is 36.6 Å². The average molecular weight is 431 g/mol. The lowest BCUT2D eigenvalue weighted by Gasteiger charge is -2.13. The van der Waals surface area contributed by atoms with E-state index >= 15 is 0 Å². The molecule has 0 saturated heterocycles. The van der Waals surface area contributed by atoms with Gasteiger partial charge in [-0.1, -0.05) is 17.8 Å². The predicted octanol–water partition coefficient (Wildman–Crippen LogP) is 3.78. The first-order valence-electron chi connectivity index (χ1n) is 9.15. The Bertz CT molecular complexity index is 1090. The van der Waals surface area contributed by atoms with Gasteiger partial charge in [-0.05, 0) is 49.9 Å². The minimum Gasteiger partial charge on any atom is -0.365 e. The summed E-state index contributed by atoms with van der Waals surface area (Å²) in [4.78, 5) is 30.1. The molecule has 0 saturated carbocycles. The number of imidazole rings is 1. The highest BCUT2D eigenvalue weighted by atomic mass is 32.2. The lowest BCUT2D eigenvalue weighted by atomic mass is 10.1. The number of hydrogen-bond acceptors (Lipinski definition) is 5. The molecule has 1 atom stereocenters. The molecule has 2 amide bonds. The van der Waals surface area contributed by atoms with E-state index in [4.69, 9.17) is 5.73 Å². The first-order valence-corrected chi connectivity index (χ1v) is 10.8. The van der Waals surface area contributed by atoms with Gasteiger partial charge >= 0.3 is 0 Å². The van der Waals surface area contributed by atoms with Crippen LogP contribution in [-0.4, -0.2) is 26.6 Å². The number of nitrogens with two attached hydrogens (primary N) is 1. The Morgan fingerprint density at radius 2 is 2.21 bits per heavy atom. The molecule has 4 rings (SSSR count). The number of aryl methyl sites for hydroxylation is 1. The van der Waals surface area contributed by atoms with Crippen LogP contribution in [0.15, 0.2) is 41.8 Å². The van der Waals surface area contributed by atoms with Crippen LogP contribution in [-0.2, 0) is 17.6 Å². The number of thiophene rings is 1. The van der Waals surface area contributed by atoms with Gasteiger partial charge in [-0.2, -0.15) is 0 Å². The Morgan fingerprint density at radius 1 is 1.38 bits per heavy atom. The molecule has 3 N–H and O–H groups in total. The van der Waals surface area contributed by atoms with Crippen molar-refractivity contribution in [2.24, 2.45) is 5.73 Å². The number of fused-ring (bicyclic) bond motifs is 1. The summed E-state index contributed by atoms with van der Waals surface area (Å²) in [6.07, 6.45) is 6.05. The molecule has 0 radical (unpaired) electrons. The first-order chi connectivity index (χ1) is 13.9. The van der Waals surface area contributed by atoms with Crippen LogP contribution in [0.2, 0.25) is 0 Å². The van der Waals surface area contributed by atoms with E-state index in [1.54, 1.807) is 36.0 Å². The van der Waals surface area contributed by atoms with Crippen molar-refractivity contribution in [3.05, 3.63) is 58.5 Å². The summed E-state index contributed by atoms with van der Waals surface area (Å²) in [6.45, 7) is 1.76. The van der Waals surface area contributed by atoms with Crippen LogP contribution < -0.4 is 11.1 Å². The third-order valence-corrected chi connectivity index (χ3v) is 7.04. The zero-order valence-corrected chi connectivity index (χ0v) is 17.3. The second-order valence-corrected chi connectivity index (χ2v) is 9.15. The number of nitrogens with one attached hydrogen (secondary N) is 1. The van der Waals surface area contributed by atoms with Crippen LogP contribution in [0.4, 0.5) is 9.39 Å². The summed E-state index contributed by atoms with van der Waals surface area (Å²) >= 11 is 2.68. The highest BCUT2D eigenvalue weighted by molar-refractivity contribution is 8.00. The highest BCUT2D eigenvalue weighted by Crippen LogP contribution is 2.39. The SMILES string of the molecule is C[C@@H](Sc1nccn1-c1cccc(F)c1)C(=O)Nc1sc2c(c1C(N)=O)CCC2. The van der Waals surface area contributed by atoms with Crippen LogP contribution in [0.5, 0.6) is 0 Å². The lowest BCUT2D eigenvalue weighted by Crippen LogP contribution is -2.24. The van der Waals surface area contributed by atoms with Gasteiger partial charge in [0.1, 0.15) is 10.8 Å². The predicted molar refractivity (Wildman–Crippen MR) is 112 cm³/mol. The van der Waals surface area contributed by atoms with Crippen molar-refractivity contribution in [3.63, 3.8) is 0 Å². The standard InChI is InChI=1S/C20H19FN4O2S2/c1-11(28-20-23-8-9-25(20)13-5-2-4-12(21)10-13)18(27)24-19-16(17(22)26)14-6-3-7-15(14)29-19/h2,4-5,8-11H,3,6-7H2,1H3,(H2,22,26)(H,24,27)/t11-/m1/s1. The molecule has 2 heterocycles. The van der Waals surface area contributed by atoms with Crippen LogP contribution in [0, 0.1) is 5.82 Å². The van der Waals surface area contributed by atoms with E-state index in [9.17, 15) is 14.0 Å². The fraction of sp³-hybridized carbons (Fsp3) is 0.250. The number of rotatable bonds is 6. The van der Waals surface area contributed by atoms with Crippen molar-refractivity contribution in [3.8, 4) is 5.69 Å². The molecule has 29 heavy (non-hydrogen) atoms. The number of anilines is 1. The van der Waals surface area contributed by atoms with Crippen molar-refractivity contribution >= 4 is 39.9 Å².